The Morgan fingerprint density at radius 3 is 3.04 bits per heavy atom. The summed E-state index contributed by atoms with van der Waals surface area (Å²) < 4.78 is 6.32. The molecule has 0 bridgehead atoms. The van der Waals surface area contributed by atoms with Gasteiger partial charge in [-0.25, -0.2) is 0 Å². The van der Waals surface area contributed by atoms with Gasteiger partial charge in [0.05, 0.1) is 18.3 Å². The zero-order valence-corrected chi connectivity index (χ0v) is 15.4. The first kappa shape index (κ1) is 17.4. The number of nitrogens with one attached hydrogen (secondary N) is 2. The maximum Gasteiger partial charge on any atom is 0.240 e. The van der Waals surface area contributed by atoms with E-state index in [1.54, 1.807) is 6.07 Å². The summed E-state index contributed by atoms with van der Waals surface area (Å²) in [7, 11) is 0. The van der Waals surface area contributed by atoms with E-state index in [-0.39, 0.29) is 24.3 Å². The van der Waals surface area contributed by atoms with Crippen LogP contribution in [0.1, 0.15) is 19.3 Å². The topological polar surface area (TPSA) is 79.8 Å². The number of aliphatic imine (C=N–C) groups is 1. The quantitative estimate of drug-likeness (QED) is 0.779. The van der Waals surface area contributed by atoms with Crippen LogP contribution in [0.15, 0.2) is 33.7 Å². The molecule has 0 aromatic heterocycles. The Balaban J connectivity index is 1.51. The second-order valence-electron chi connectivity index (χ2n) is 5.61. The highest BCUT2D eigenvalue weighted by Gasteiger charge is 2.32. The van der Waals surface area contributed by atoms with Crippen LogP contribution in [0.3, 0.4) is 0 Å². The number of amides is 2. The highest BCUT2D eigenvalue weighted by molar-refractivity contribution is 9.10. The Morgan fingerprint density at radius 1 is 1.46 bits per heavy atom. The number of nitrogens with zero attached hydrogens (tertiary/aromatic N) is 1. The van der Waals surface area contributed by atoms with E-state index in [0.717, 1.165) is 23.9 Å². The average Bonchev–Trinajstić information content (AvgIpc) is 3.18. The van der Waals surface area contributed by atoms with Crippen LogP contribution in [-0.4, -0.2) is 41.5 Å². The van der Waals surface area contributed by atoms with E-state index >= 15 is 0 Å². The van der Waals surface area contributed by atoms with Gasteiger partial charge in [-0.15, -0.1) is 0 Å². The van der Waals surface area contributed by atoms with Gasteiger partial charge in [0.2, 0.25) is 11.8 Å². The highest BCUT2D eigenvalue weighted by Crippen LogP contribution is 2.25. The molecule has 6 nitrogen and oxygen atoms in total. The third-order valence-corrected chi connectivity index (χ3v) is 5.57. The molecule has 2 amide bonds. The molecule has 0 radical (unpaired) electrons. The van der Waals surface area contributed by atoms with Gasteiger partial charge < -0.3 is 15.4 Å². The van der Waals surface area contributed by atoms with Gasteiger partial charge in [-0.1, -0.05) is 23.9 Å². The van der Waals surface area contributed by atoms with Crippen molar-refractivity contribution in [3.63, 3.8) is 0 Å². The van der Waals surface area contributed by atoms with Crippen LogP contribution in [0.4, 0.5) is 5.69 Å². The Hall–Kier alpha value is -1.38. The lowest BCUT2D eigenvalue weighted by molar-refractivity contribution is -0.122. The van der Waals surface area contributed by atoms with Crippen molar-refractivity contribution in [2.75, 3.05) is 18.5 Å². The molecule has 0 unspecified atom stereocenters. The first-order valence-corrected chi connectivity index (χ1v) is 9.47. The molecule has 0 aliphatic carbocycles. The number of amidine groups is 1. The molecule has 8 heteroatoms. The predicted molar refractivity (Wildman–Crippen MR) is 98.2 cm³/mol. The van der Waals surface area contributed by atoms with Gasteiger partial charge in [0.25, 0.3) is 0 Å². The molecule has 2 aliphatic heterocycles. The fraction of sp³-hybridized carbons (Fsp3) is 0.438. The summed E-state index contributed by atoms with van der Waals surface area (Å²) >= 11 is 4.69. The van der Waals surface area contributed by atoms with Crippen molar-refractivity contribution in [3.05, 3.63) is 28.7 Å². The molecule has 128 valence electrons. The van der Waals surface area contributed by atoms with Crippen molar-refractivity contribution in [2.24, 2.45) is 4.99 Å². The number of para-hydroxylation sites is 1. The van der Waals surface area contributed by atoms with Crippen LogP contribution in [0.25, 0.3) is 0 Å². The number of carbonyl (C=O) groups excluding carboxylic acids is 2. The van der Waals surface area contributed by atoms with Crippen LogP contribution in [0.5, 0.6) is 0 Å². The summed E-state index contributed by atoms with van der Waals surface area (Å²) in [6.45, 7) is 1.34. The molecule has 2 aliphatic rings. The van der Waals surface area contributed by atoms with Gasteiger partial charge in [-0.3, -0.25) is 14.6 Å². The molecule has 2 fully saturated rings. The third kappa shape index (κ3) is 4.58. The van der Waals surface area contributed by atoms with Crippen molar-refractivity contribution >= 4 is 50.4 Å². The zero-order chi connectivity index (χ0) is 16.9. The van der Waals surface area contributed by atoms with Crippen LogP contribution in [0.2, 0.25) is 0 Å². The Bertz CT molecular complexity index is 662. The minimum absolute atomic E-state index is 0.108. The number of carbonyl (C=O) groups is 2. The molecule has 24 heavy (non-hydrogen) atoms. The molecule has 2 saturated heterocycles. The molecule has 2 heterocycles. The highest BCUT2D eigenvalue weighted by atomic mass is 79.9. The molecule has 1 aromatic rings. The summed E-state index contributed by atoms with van der Waals surface area (Å²) in [4.78, 5) is 28.6. The van der Waals surface area contributed by atoms with Gasteiger partial charge in [0, 0.05) is 17.5 Å². The number of benzene rings is 1. The fourth-order valence-corrected chi connectivity index (χ4v) is 3.88. The van der Waals surface area contributed by atoms with E-state index < -0.39 is 5.25 Å². The summed E-state index contributed by atoms with van der Waals surface area (Å²) in [6.07, 6.45) is 2.32. The number of ether oxygens (including phenoxy) is 1. The maximum absolute atomic E-state index is 12.2. The lowest BCUT2D eigenvalue weighted by atomic mass is 10.2. The third-order valence-electron chi connectivity index (χ3n) is 3.76. The van der Waals surface area contributed by atoms with Gasteiger partial charge in [0.1, 0.15) is 5.25 Å². The minimum Gasteiger partial charge on any atom is -0.376 e. The van der Waals surface area contributed by atoms with E-state index in [2.05, 4.69) is 31.6 Å². The van der Waals surface area contributed by atoms with E-state index in [0.29, 0.717) is 17.4 Å². The average molecular weight is 412 g/mol. The lowest BCUT2D eigenvalue weighted by Gasteiger charge is -2.08. The van der Waals surface area contributed by atoms with E-state index in [1.807, 2.05) is 18.2 Å². The summed E-state index contributed by atoms with van der Waals surface area (Å²) in [6, 6.07) is 7.37. The Kier molecular flexibility index (Phi) is 5.91. The largest absolute Gasteiger partial charge is 0.376 e. The van der Waals surface area contributed by atoms with Crippen LogP contribution in [0, 0.1) is 0 Å². The first-order chi connectivity index (χ1) is 11.6. The van der Waals surface area contributed by atoms with Gasteiger partial charge in [-0.05, 0) is 40.9 Å². The molecular formula is C16H18BrN3O3S. The standard InChI is InChI=1S/C16H18BrN3O3S/c17-11-5-1-2-6-12(11)19-14(21)8-13-15(22)20-16(24-13)18-9-10-4-3-7-23-10/h1-2,5-6,10,13H,3-4,7-9H2,(H,19,21)(H,18,20,22)/t10-,13-/m0/s1. The van der Waals surface area contributed by atoms with Gasteiger partial charge in [-0.2, -0.15) is 0 Å². The number of thioether (sulfide) groups is 1. The second kappa shape index (κ2) is 8.13. The Labute approximate surface area is 152 Å². The monoisotopic (exact) mass is 411 g/mol. The van der Waals surface area contributed by atoms with Crippen molar-refractivity contribution in [3.8, 4) is 0 Å². The van der Waals surface area contributed by atoms with Crippen LogP contribution < -0.4 is 10.6 Å². The van der Waals surface area contributed by atoms with Crippen LogP contribution in [-0.2, 0) is 14.3 Å². The smallest absolute Gasteiger partial charge is 0.240 e. The van der Waals surface area contributed by atoms with Gasteiger partial charge in [0.15, 0.2) is 5.17 Å². The number of halogens is 1. The normalized spacial score (nSPS) is 25.0. The van der Waals surface area contributed by atoms with Crippen molar-refractivity contribution in [1.82, 2.24) is 5.32 Å². The minimum atomic E-state index is -0.448. The van der Waals surface area contributed by atoms with Crippen molar-refractivity contribution in [2.45, 2.75) is 30.6 Å². The summed E-state index contributed by atoms with van der Waals surface area (Å²) in [5.41, 5.74) is 0.693. The van der Waals surface area contributed by atoms with Crippen LogP contribution >= 0.6 is 27.7 Å². The van der Waals surface area contributed by atoms with E-state index in [9.17, 15) is 9.59 Å². The number of anilines is 1. The van der Waals surface area contributed by atoms with E-state index in [4.69, 9.17) is 4.74 Å². The summed E-state index contributed by atoms with van der Waals surface area (Å²) in [5.74, 6) is -0.372. The zero-order valence-electron chi connectivity index (χ0n) is 13.0. The fourth-order valence-electron chi connectivity index (χ4n) is 2.52. The molecule has 0 spiro atoms. The predicted octanol–water partition coefficient (Wildman–Crippen LogP) is 2.54. The Morgan fingerprint density at radius 2 is 2.29 bits per heavy atom. The summed E-state index contributed by atoms with van der Waals surface area (Å²) in [5, 5.41) is 5.68. The number of rotatable bonds is 5. The molecule has 0 saturated carbocycles. The van der Waals surface area contributed by atoms with Gasteiger partial charge >= 0.3 is 0 Å². The number of hydrogen-bond acceptors (Lipinski definition) is 5. The van der Waals surface area contributed by atoms with Crippen molar-refractivity contribution in [1.29, 1.82) is 0 Å². The maximum atomic E-state index is 12.2. The molecule has 2 atom stereocenters. The van der Waals surface area contributed by atoms with Crippen molar-refractivity contribution < 1.29 is 14.3 Å². The molecule has 1 aromatic carbocycles. The first-order valence-electron chi connectivity index (χ1n) is 7.80. The molecular weight excluding hydrogens is 394 g/mol. The van der Waals surface area contributed by atoms with E-state index in [1.165, 1.54) is 11.8 Å². The number of hydrogen-bond donors (Lipinski definition) is 2. The lowest BCUT2D eigenvalue weighted by Crippen LogP contribution is -2.28. The second-order valence-corrected chi connectivity index (χ2v) is 7.65. The SMILES string of the molecule is O=C(C[C@@H]1SC(=NC[C@@H]2CCCO2)NC1=O)Nc1ccccc1Br. The molecule has 2 N–H and O–H groups in total. The molecule has 3 rings (SSSR count).